The molecule has 0 aromatic heterocycles. The molecule has 8 aliphatic rings. The van der Waals surface area contributed by atoms with Crippen LogP contribution in [0.2, 0.25) is 0 Å². The molecule has 0 radical (unpaired) electrons. The smallest absolute Gasteiger partial charge is 0.327 e. The molecule has 52 heavy (non-hydrogen) atoms. The number of fused-ring (bicyclic) bond motifs is 7. The van der Waals surface area contributed by atoms with E-state index in [1.807, 2.05) is 18.2 Å². The predicted octanol–water partition coefficient (Wildman–Crippen LogP) is 4.65. The lowest BCUT2D eigenvalue weighted by Crippen LogP contribution is -2.69. The van der Waals surface area contributed by atoms with E-state index in [0.717, 1.165) is 30.4 Å². The monoisotopic (exact) mass is 710 g/mol. The maximum Gasteiger partial charge on any atom is 0.327 e. The van der Waals surface area contributed by atoms with Gasteiger partial charge in [0.2, 0.25) is 5.91 Å². The fourth-order valence-corrected chi connectivity index (χ4v) is 11.5. The third-order valence-corrected chi connectivity index (χ3v) is 14.2. The summed E-state index contributed by atoms with van der Waals surface area (Å²) < 4.78 is 26.0. The largest absolute Gasteiger partial charge is 0.458 e. The molecular weight excluding hydrogens is 660 g/mol. The summed E-state index contributed by atoms with van der Waals surface area (Å²) in [5.74, 6) is -0.564. The molecule has 10 atom stereocenters. The second-order valence-electron chi connectivity index (χ2n) is 17.7. The van der Waals surface area contributed by atoms with E-state index < -0.39 is 47.6 Å². The molecule has 4 aliphatic heterocycles. The Hall–Kier alpha value is -3.12. The number of hydrogen-bond acceptors (Lipinski definition) is 9. The Kier molecular flexibility index (Phi) is 7.52. The Morgan fingerprint density at radius 2 is 1.73 bits per heavy atom. The summed E-state index contributed by atoms with van der Waals surface area (Å²) in [7, 11) is 0. The van der Waals surface area contributed by atoms with Crippen molar-refractivity contribution in [3.63, 3.8) is 0 Å². The predicted molar refractivity (Wildman–Crippen MR) is 189 cm³/mol. The molecule has 4 saturated heterocycles. The van der Waals surface area contributed by atoms with Gasteiger partial charge in [0.1, 0.15) is 29.8 Å². The number of epoxide rings is 1. The highest BCUT2D eigenvalue weighted by atomic mass is 16.8. The summed E-state index contributed by atoms with van der Waals surface area (Å²) in [6, 6.07) is 15.6. The normalized spacial score (nSPS) is 41.1. The quantitative estimate of drug-likeness (QED) is 0.326. The van der Waals surface area contributed by atoms with E-state index in [9.17, 15) is 14.7 Å². The van der Waals surface area contributed by atoms with Crippen LogP contribution < -0.4 is 5.32 Å². The number of aliphatic hydroxyl groups excluding tert-OH is 1. The second kappa shape index (κ2) is 11.7. The van der Waals surface area contributed by atoms with Crippen LogP contribution in [0.5, 0.6) is 0 Å². The number of nitrogens with zero attached hydrogens (tertiary/aromatic N) is 1. The SMILES string of the molecule is CC1(C)C[C@@H]2C(=Cc3ccccc3CN3O[C@@H]4[C@H]5OC6(Cc7ccccc7C6)O[C@H]5[C@H]5C[C@]4(C(=O)NCCO)[C@@H]3C(=O)O5)CCC3O[C@]3(C)CC[C@H]21. The van der Waals surface area contributed by atoms with Gasteiger partial charge >= 0.3 is 5.97 Å². The van der Waals surface area contributed by atoms with E-state index in [1.54, 1.807) is 5.06 Å². The topological polar surface area (TPSA) is 119 Å². The number of ether oxygens (including phenoxy) is 4. The fourth-order valence-electron chi connectivity index (χ4n) is 11.5. The molecule has 1 spiro atoms. The van der Waals surface area contributed by atoms with Gasteiger partial charge in [0.25, 0.3) is 0 Å². The molecule has 1 amide bonds. The van der Waals surface area contributed by atoms with Crippen LogP contribution in [-0.2, 0) is 52.8 Å². The van der Waals surface area contributed by atoms with Crippen molar-refractivity contribution in [3.8, 4) is 0 Å². The number of nitrogens with one attached hydrogen (secondary N) is 1. The first-order valence-corrected chi connectivity index (χ1v) is 19.4. The molecule has 10 rings (SSSR count). The first kappa shape index (κ1) is 33.4. The van der Waals surface area contributed by atoms with Crippen molar-refractivity contribution in [1.82, 2.24) is 10.4 Å². The van der Waals surface area contributed by atoms with Gasteiger partial charge in [-0.05, 0) is 78.5 Å². The number of carbonyl (C=O) groups is 2. The van der Waals surface area contributed by atoms with Crippen LogP contribution in [0, 0.1) is 22.7 Å². The number of hydrogen-bond donors (Lipinski definition) is 2. The minimum Gasteiger partial charge on any atom is -0.458 e. The summed E-state index contributed by atoms with van der Waals surface area (Å²) >= 11 is 0. The molecule has 7 fully saturated rings. The Morgan fingerprint density at radius 1 is 0.981 bits per heavy atom. The highest BCUT2D eigenvalue weighted by Gasteiger charge is 2.76. The van der Waals surface area contributed by atoms with Crippen molar-refractivity contribution in [1.29, 1.82) is 0 Å². The Balaban J connectivity index is 0.981. The number of allylic oxidation sites excluding steroid dienone is 1. The van der Waals surface area contributed by atoms with Gasteiger partial charge in [-0.3, -0.25) is 14.4 Å². The van der Waals surface area contributed by atoms with E-state index in [0.29, 0.717) is 36.2 Å². The lowest BCUT2D eigenvalue weighted by molar-refractivity contribution is -0.217. The summed E-state index contributed by atoms with van der Waals surface area (Å²) in [5.41, 5.74) is 4.99. The fraction of sp³-hybridized carbons (Fsp3) is 0.619. The van der Waals surface area contributed by atoms with E-state index >= 15 is 0 Å². The number of esters is 1. The molecule has 10 heteroatoms. The van der Waals surface area contributed by atoms with Crippen molar-refractivity contribution in [2.45, 2.75) is 127 Å². The third kappa shape index (κ3) is 4.97. The van der Waals surface area contributed by atoms with Crippen LogP contribution in [0.25, 0.3) is 6.08 Å². The van der Waals surface area contributed by atoms with E-state index in [-0.39, 0.29) is 37.6 Å². The van der Waals surface area contributed by atoms with Gasteiger partial charge in [-0.25, -0.2) is 0 Å². The van der Waals surface area contributed by atoms with Crippen molar-refractivity contribution in [2.75, 3.05) is 13.2 Å². The summed E-state index contributed by atoms with van der Waals surface area (Å²) in [4.78, 5) is 35.3. The molecule has 276 valence electrons. The van der Waals surface area contributed by atoms with Crippen molar-refractivity contribution < 1.29 is 38.5 Å². The minimum absolute atomic E-state index is 0.0228. The maximum atomic E-state index is 14.3. The Bertz CT molecular complexity index is 1820. The van der Waals surface area contributed by atoms with Gasteiger partial charge in [0, 0.05) is 25.8 Å². The lowest BCUT2D eigenvalue weighted by Gasteiger charge is -2.53. The molecule has 1 unspecified atom stereocenters. The molecular formula is C42H50N2O8. The van der Waals surface area contributed by atoms with Crippen LogP contribution in [-0.4, -0.2) is 83.1 Å². The first-order valence-electron chi connectivity index (χ1n) is 19.4. The van der Waals surface area contributed by atoms with Gasteiger partial charge in [-0.15, -0.1) is 0 Å². The molecule has 3 saturated carbocycles. The van der Waals surface area contributed by atoms with Gasteiger partial charge in [-0.2, -0.15) is 5.06 Å². The highest BCUT2D eigenvalue weighted by Crippen LogP contribution is 2.61. The highest BCUT2D eigenvalue weighted by molar-refractivity contribution is 5.93. The minimum atomic E-state index is -1.27. The zero-order chi connectivity index (χ0) is 35.6. The maximum absolute atomic E-state index is 14.3. The number of benzene rings is 2. The van der Waals surface area contributed by atoms with Crippen LogP contribution >= 0.6 is 0 Å². The molecule has 2 bridgehead atoms. The zero-order valence-electron chi connectivity index (χ0n) is 30.3. The van der Waals surface area contributed by atoms with Gasteiger partial charge in [0.05, 0.1) is 24.9 Å². The van der Waals surface area contributed by atoms with Gasteiger partial charge < -0.3 is 29.4 Å². The average molecular weight is 711 g/mol. The number of carbonyl (C=O) groups excluding carboxylic acids is 2. The number of amides is 1. The number of aliphatic hydroxyl groups is 1. The summed E-state index contributed by atoms with van der Waals surface area (Å²) in [6.07, 6.45) is 7.01. The Labute approximate surface area is 305 Å². The van der Waals surface area contributed by atoms with E-state index in [4.69, 9.17) is 23.8 Å². The Morgan fingerprint density at radius 3 is 2.50 bits per heavy atom. The van der Waals surface area contributed by atoms with Crippen LogP contribution in [0.4, 0.5) is 0 Å². The number of hydroxylamine groups is 2. The van der Waals surface area contributed by atoms with E-state index in [1.165, 1.54) is 29.5 Å². The zero-order valence-corrected chi connectivity index (χ0v) is 30.3. The van der Waals surface area contributed by atoms with Crippen LogP contribution in [0.1, 0.15) is 81.5 Å². The standard InChI is InChI=1S/C42H50N2O8/c1-39(2)21-29-25(12-13-32-40(3,49-32)15-14-30(29)39)18-24-8-4-7-11-28(24)23-44-35-37(46)48-31-22-42(35,38(47)43-16-17-45)36(52-44)34-33(31)50-41(51-34)19-26-9-5-6-10-27(26)20-41/h4-11,18,29-36,45H,12-17,19-23H2,1-3H3,(H,43,47)/t29-,30-,31-,32?,33+,34+,35+,36-,40-,42+/m1/s1. The van der Waals surface area contributed by atoms with Crippen molar-refractivity contribution >= 4 is 18.0 Å². The van der Waals surface area contributed by atoms with Crippen molar-refractivity contribution in [2.24, 2.45) is 22.7 Å². The summed E-state index contributed by atoms with van der Waals surface area (Å²) in [6.45, 7) is 7.25. The molecule has 2 N–H and O–H groups in total. The van der Waals surface area contributed by atoms with Crippen LogP contribution in [0.3, 0.4) is 0 Å². The molecule has 4 heterocycles. The molecule has 2 aromatic rings. The molecule has 10 nitrogen and oxygen atoms in total. The number of rotatable bonds is 6. The average Bonchev–Trinajstić information content (AvgIpc) is 3.41. The second-order valence-corrected chi connectivity index (χ2v) is 17.7. The summed E-state index contributed by atoms with van der Waals surface area (Å²) in [5, 5.41) is 14.2. The lowest BCUT2D eigenvalue weighted by atomic mass is 9.52. The third-order valence-electron chi connectivity index (χ3n) is 14.2. The molecule has 4 aliphatic carbocycles. The first-order chi connectivity index (χ1) is 25.0. The van der Waals surface area contributed by atoms with Crippen molar-refractivity contribution in [3.05, 3.63) is 76.4 Å². The van der Waals surface area contributed by atoms with Crippen LogP contribution in [0.15, 0.2) is 54.1 Å². The molecule has 2 aromatic carbocycles. The van der Waals surface area contributed by atoms with E-state index in [2.05, 4.69) is 62.5 Å². The van der Waals surface area contributed by atoms with Gasteiger partial charge in [0.15, 0.2) is 11.8 Å². The van der Waals surface area contributed by atoms with Gasteiger partial charge in [-0.1, -0.05) is 74.0 Å².